The van der Waals surface area contributed by atoms with Gasteiger partial charge >= 0.3 is 6.09 Å². The molecule has 1 rings (SSSR count). The Hall–Kier alpha value is -0.380. The molecule has 1 heterocycles. The smallest absolute Gasteiger partial charge is 0.408 e. The summed E-state index contributed by atoms with van der Waals surface area (Å²) in [5.41, 5.74) is 0. The number of hydrogen-bond donors (Lipinski definition) is 2. The molecule has 1 fully saturated rings. The quantitative estimate of drug-likeness (QED) is 0.527. The van der Waals surface area contributed by atoms with Crippen molar-refractivity contribution in [3.8, 4) is 0 Å². The van der Waals surface area contributed by atoms with Gasteiger partial charge in [0.1, 0.15) is 0 Å². The van der Waals surface area contributed by atoms with Crippen molar-refractivity contribution >= 4 is 18.7 Å². The van der Waals surface area contributed by atoms with Crippen molar-refractivity contribution in [3.63, 3.8) is 0 Å². The summed E-state index contributed by atoms with van der Waals surface area (Å²) in [5.74, 6) is 0. The third-order valence-electron chi connectivity index (χ3n) is 1.72. The summed E-state index contributed by atoms with van der Waals surface area (Å²) in [6, 6.07) is 0. The van der Waals surface area contributed by atoms with E-state index in [1.807, 2.05) is 0 Å². The minimum absolute atomic E-state index is 0.0775. The highest BCUT2D eigenvalue weighted by molar-refractivity contribution is 7.80. The SMILES string of the molecule is O=C(O)N1CCCCC1S. The van der Waals surface area contributed by atoms with Crippen molar-refractivity contribution in [2.75, 3.05) is 6.54 Å². The van der Waals surface area contributed by atoms with Gasteiger partial charge in [-0.15, -0.1) is 0 Å². The molecule has 0 radical (unpaired) electrons. The van der Waals surface area contributed by atoms with Crippen LogP contribution in [0.1, 0.15) is 19.3 Å². The molecule has 1 unspecified atom stereocenters. The third-order valence-corrected chi connectivity index (χ3v) is 2.25. The zero-order chi connectivity index (χ0) is 7.56. The summed E-state index contributed by atoms with van der Waals surface area (Å²) in [4.78, 5) is 11.8. The number of thiol groups is 1. The van der Waals surface area contributed by atoms with E-state index >= 15 is 0 Å². The number of amides is 1. The first kappa shape index (κ1) is 7.72. The molecule has 0 saturated carbocycles. The zero-order valence-corrected chi connectivity index (χ0v) is 6.55. The monoisotopic (exact) mass is 161 g/mol. The van der Waals surface area contributed by atoms with Gasteiger partial charge in [0.15, 0.2) is 0 Å². The van der Waals surface area contributed by atoms with E-state index in [2.05, 4.69) is 12.6 Å². The van der Waals surface area contributed by atoms with E-state index in [1.54, 1.807) is 0 Å². The average Bonchev–Trinajstić information content (AvgIpc) is 1.88. The fraction of sp³-hybridized carbons (Fsp3) is 0.833. The Bertz CT molecular complexity index is 140. The average molecular weight is 161 g/mol. The molecule has 58 valence electrons. The van der Waals surface area contributed by atoms with E-state index in [1.165, 1.54) is 4.90 Å². The van der Waals surface area contributed by atoms with E-state index in [4.69, 9.17) is 5.11 Å². The maximum Gasteiger partial charge on any atom is 0.408 e. The molecule has 1 atom stereocenters. The topological polar surface area (TPSA) is 40.5 Å². The number of carbonyl (C=O) groups is 1. The van der Waals surface area contributed by atoms with Gasteiger partial charge in [0.2, 0.25) is 0 Å². The molecule has 3 nitrogen and oxygen atoms in total. The lowest BCUT2D eigenvalue weighted by Gasteiger charge is -2.29. The van der Waals surface area contributed by atoms with Gasteiger partial charge in [-0.25, -0.2) is 4.79 Å². The molecule has 1 aliphatic rings. The minimum Gasteiger partial charge on any atom is -0.465 e. The highest BCUT2D eigenvalue weighted by atomic mass is 32.1. The molecule has 0 aromatic rings. The van der Waals surface area contributed by atoms with E-state index < -0.39 is 6.09 Å². The van der Waals surface area contributed by atoms with Crippen LogP contribution in [0, 0.1) is 0 Å². The highest BCUT2D eigenvalue weighted by Gasteiger charge is 2.22. The first-order valence-corrected chi connectivity index (χ1v) is 3.91. The summed E-state index contributed by atoms with van der Waals surface area (Å²) < 4.78 is 0. The zero-order valence-electron chi connectivity index (χ0n) is 5.66. The molecular formula is C6H11NO2S. The molecule has 1 aliphatic heterocycles. The Balaban J connectivity index is 2.47. The summed E-state index contributed by atoms with van der Waals surface area (Å²) in [5, 5.41) is 8.51. The second-order valence-electron chi connectivity index (χ2n) is 2.45. The maximum atomic E-state index is 10.4. The Kier molecular flexibility index (Phi) is 2.43. The largest absolute Gasteiger partial charge is 0.465 e. The van der Waals surface area contributed by atoms with Crippen LogP contribution in [0.5, 0.6) is 0 Å². The number of hydrogen-bond acceptors (Lipinski definition) is 2. The van der Waals surface area contributed by atoms with Crippen LogP contribution in [0.3, 0.4) is 0 Å². The molecule has 1 amide bonds. The Morgan fingerprint density at radius 2 is 2.30 bits per heavy atom. The molecular weight excluding hydrogens is 150 g/mol. The summed E-state index contributed by atoms with van der Waals surface area (Å²) >= 11 is 4.14. The summed E-state index contributed by atoms with van der Waals surface area (Å²) in [6.45, 7) is 0.642. The lowest BCUT2D eigenvalue weighted by molar-refractivity contribution is 0.129. The molecule has 1 N–H and O–H groups in total. The van der Waals surface area contributed by atoms with Crippen LogP contribution in [0.4, 0.5) is 4.79 Å². The van der Waals surface area contributed by atoms with Crippen molar-refractivity contribution in [1.29, 1.82) is 0 Å². The minimum atomic E-state index is -0.847. The molecule has 0 aliphatic carbocycles. The van der Waals surface area contributed by atoms with Crippen molar-refractivity contribution in [1.82, 2.24) is 4.90 Å². The van der Waals surface area contributed by atoms with Gasteiger partial charge in [0.05, 0.1) is 5.37 Å². The van der Waals surface area contributed by atoms with Crippen LogP contribution in [0.2, 0.25) is 0 Å². The van der Waals surface area contributed by atoms with Crippen molar-refractivity contribution in [2.45, 2.75) is 24.6 Å². The van der Waals surface area contributed by atoms with Crippen molar-refractivity contribution in [2.24, 2.45) is 0 Å². The first-order chi connectivity index (χ1) is 4.72. The highest BCUT2D eigenvalue weighted by Crippen LogP contribution is 2.18. The standard InChI is InChI=1S/C6H11NO2S/c8-6(9)7-4-2-1-3-5(7)10/h5,10H,1-4H2,(H,8,9). The molecule has 10 heavy (non-hydrogen) atoms. The van der Waals surface area contributed by atoms with Crippen molar-refractivity contribution in [3.05, 3.63) is 0 Å². The normalized spacial score (nSPS) is 26.5. The van der Waals surface area contributed by atoms with Crippen LogP contribution in [-0.2, 0) is 0 Å². The Labute approximate surface area is 65.4 Å². The van der Waals surface area contributed by atoms with E-state index in [-0.39, 0.29) is 5.37 Å². The summed E-state index contributed by atoms with van der Waals surface area (Å²) in [6.07, 6.45) is 2.11. The van der Waals surface area contributed by atoms with E-state index in [0.717, 1.165) is 19.3 Å². The lowest BCUT2D eigenvalue weighted by Crippen LogP contribution is -2.39. The molecule has 0 spiro atoms. The Morgan fingerprint density at radius 1 is 1.60 bits per heavy atom. The predicted octanol–water partition coefficient (Wildman–Crippen LogP) is 1.41. The second-order valence-corrected chi connectivity index (χ2v) is 3.05. The van der Waals surface area contributed by atoms with Crippen molar-refractivity contribution < 1.29 is 9.90 Å². The third kappa shape index (κ3) is 1.56. The maximum absolute atomic E-state index is 10.4. The number of nitrogens with zero attached hydrogens (tertiary/aromatic N) is 1. The molecule has 0 aromatic heterocycles. The number of piperidine rings is 1. The lowest BCUT2D eigenvalue weighted by atomic mass is 10.1. The second kappa shape index (κ2) is 3.14. The van der Waals surface area contributed by atoms with Crippen LogP contribution < -0.4 is 0 Å². The van der Waals surface area contributed by atoms with Gasteiger partial charge < -0.3 is 5.11 Å². The molecule has 0 aromatic carbocycles. The molecule has 4 heteroatoms. The number of rotatable bonds is 0. The molecule has 0 bridgehead atoms. The van der Waals surface area contributed by atoms with Gasteiger partial charge in [0.25, 0.3) is 0 Å². The fourth-order valence-corrected chi connectivity index (χ4v) is 1.53. The van der Waals surface area contributed by atoms with Gasteiger partial charge in [-0.2, -0.15) is 12.6 Å². The van der Waals surface area contributed by atoms with Gasteiger partial charge in [-0.05, 0) is 19.3 Å². The number of likely N-dealkylation sites (tertiary alicyclic amines) is 1. The summed E-state index contributed by atoms with van der Waals surface area (Å²) in [7, 11) is 0. The van der Waals surface area contributed by atoms with Gasteiger partial charge in [-0.3, -0.25) is 4.90 Å². The fourth-order valence-electron chi connectivity index (χ4n) is 1.14. The van der Waals surface area contributed by atoms with Crippen LogP contribution in [0.15, 0.2) is 0 Å². The first-order valence-electron chi connectivity index (χ1n) is 3.39. The van der Waals surface area contributed by atoms with E-state index in [0.29, 0.717) is 6.54 Å². The van der Waals surface area contributed by atoms with Crippen LogP contribution >= 0.6 is 12.6 Å². The van der Waals surface area contributed by atoms with Gasteiger partial charge in [0, 0.05) is 6.54 Å². The van der Waals surface area contributed by atoms with Gasteiger partial charge in [-0.1, -0.05) is 0 Å². The number of carboxylic acid groups (broad SMARTS) is 1. The Morgan fingerprint density at radius 3 is 2.70 bits per heavy atom. The predicted molar refractivity (Wildman–Crippen MR) is 41.4 cm³/mol. The van der Waals surface area contributed by atoms with E-state index in [9.17, 15) is 4.79 Å². The molecule has 1 saturated heterocycles. The van der Waals surface area contributed by atoms with Crippen LogP contribution in [-0.4, -0.2) is 28.0 Å². The van der Waals surface area contributed by atoms with Crippen LogP contribution in [0.25, 0.3) is 0 Å².